The molecular weight excluding hydrogens is 304 g/mol. The van der Waals surface area contributed by atoms with Crippen molar-refractivity contribution in [3.05, 3.63) is 48.0 Å². The smallest absolute Gasteiger partial charge is 0.237 e. The van der Waals surface area contributed by atoms with Gasteiger partial charge in [0.25, 0.3) is 0 Å². The van der Waals surface area contributed by atoms with E-state index in [4.69, 9.17) is 4.74 Å². The van der Waals surface area contributed by atoms with E-state index in [1.54, 1.807) is 13.4 Å². The average molecular weight is 330 g/mol. The summed E-state index contributed by atoms with van der Waals surface area (Å²) in [6.07, 6.45) is 4.32. The maximum Gasteiger partial charge on any atom is 0.237 e. The summed E-state index contributed by atoms with van der Waals surface area (Å²) in [7, 11) is 1.64. The van der Waals surface area contributed by atoms with Gasteiger partial charge < -0.3 is 20.4 Å². The number of aromatic nitrogens is 2. The van der Waals surface area contributed by atoms with Crippen LogP contribution in [0.1, 0.15) is 25.1 Å². The summed E-state index contributed by atoms with van der Waals surface area (Å²) in [4.78, 5) is 19.6. The Labute approximate surface area is 143 Å². The van der Waals surface area contributed by atoms with Crippen molar-refractivity contribution in [2.24, 2.45) is 5.92 Å². The minimum atomic E-state index is -0.220. The van der Waals surface area contributed by atoms with Crippen LogP contribution in [0.4, 0.5) is 0 Å². The predicted molar refractivity (Wildman–Crippen MR) is 93.8 cm³/mol. The number of H-pyrrole nitrogens is 1. The Morgan fingerprint density at radius 2 is 2.04 bits per heavy atom. The van der Waals surface area contributed by atoms with Gasteiger partial charge in [-0.2, -0.15) is 0 Å². The van der Waals surface area contributed by atoms with E-state index in [0.717, 1.165) is 23.4 Å². The Balaban J connectivity index is 1.81. The van der Waals surface area contributed by atoms with Crippen LogP contribution < -0.4 is 15.4 Å². The molecule has 2 aromatic rings. The summed E-state index contributed by atoms with van der Waals surface area (Å²) < 4.78 is 5.13. The predicted octanol–water partition coefficient (Wildman–Crippen LogP) is 1.89. The molecule has 1 atom stereocenters. The number of amides is 1. The van der Waals surface area contributed by atoms with E-state index in [9.17, 15) is 4.79 Å². The number of nitrogens with zero attached hydrogens (tertiary/aromatic N) is 1. The number of carbonyl (C=O) groups excluding carboxylic acids is 1. The van der Waals surface area contributed by atoms with Crippen molar-refractivity contribution in [2.45, 2.75) is 32.9 Å². The molecule has 0 aliphatic rings. The molecular formula is C18H26N4O2. The Bertz CT molecular complexity index is 608. The SMILES string of the molecule is COc1ccc(CNC(=O)[C@@H](NCCc2c[nH]cn2)C(C)C)cc1. The first kappa shape index (κ1) is 18.0. The number of hydrogen-bond donors (Lipinski definition) is 3. The zero-order valence-corrected chi connectivity index (χ0v) is 14.5. The molecule has 130 valence electrons. The van der Waals surface area contributed by atoms with E-state index in [2.05, 4.69) is 20.6 Å². The molecule has 0 radical (unpaired) electrons. The number of methoxy groups -OCH3 is 1. The van der Waals surface area contributed by atoms with E-state index < -0.39 is 0 Å². The lowest BCUT2D eigenvalue weighted by atomic mass is 10.0. The van der Waals surface area contributed by atoms with E-state index in [1.807, 2.05) is 44.3 Å². The largest absolute Gasteiger partial charge is 0.497 e. The van der Waals surface area contributed by atoms with Gasteiger partial charge in [-0.1, -0.05) is 26.0 Å². The second-order valence-electron chi connectivity index (χ2n) is 6.05. The van der Waals surface area contributed by atoms with Crippen LogP contribution in [0, 0.1) is 5.92 Å². The maximum atomic E-state index is 12.5. The molecule has 0 aliphatic carbocycles. The number of nitrogens with one attached hydrogen (secondary N) is 3. The number of rotatable bonds is 9. The second kappa shape index (κ2) is 9.08. The Morgan fingerprint density at radius 1 is 1.29 bits per heavy atom. The van der Waals surface area contributed by atoms with E-state index >= 15 is 0 Å². The molecule has 1 aromatic heterocycles. The number of benzene rings is 1. The van der Waals surface area contributed by atoms with Crippen molar-refractivity contribution in [1.29, 1.82) is 0 Å². The number of aromatic amines is 1. The topological polar surface area (TPSA) is 79.0 Å². The van der Waals surface area contributed by atoms with Crippen molar-refractivity contribution in [3.8, 4) is 5.75 Å². The lowest BCUT2D eigenvalue weighted by Crippen LogP contribution is -2.47. The van der Waals surface area contributed by atoms with Crippen molar-refractivity contribution in [1.82, 2.24) is 20.6 Å². The van der Waals surface area contributed by atoms with Crippen LogP contribution in [0.5, 0.6) is 5.75 Å². The fourth-order valence-electron chi connectivity index (χ4n) is 2.46. The summed E-state index contributed by atoms with van der Waals surface area (Å²) in [6, 6.07) is 7.47. The summed E-state index contributed by atoms with van der Waals surface area (Å²) in [5.74, 6) is 1.04. The third-order valence-corrected chi connectivity index (χ3v) is 3.88. The molecule has 0 saturated heterocycles. The summed E-state index contributed by atoms with van der Waals surface area (Å²) in [5.41, 5.74) is 2.03. The van der Waals surface area contributed by atoms with Gasteiger partial charge in [-0.3, -0.25) is 4.79 Å². The van der Waals surface area contributed by atoms with E-state index in [1.165, 1.54) is 0 Å². The average Bonchev–Trinajstić information content (AvgIpc) is 3.10. The first-order chi connectivity index (χ1) is 11.6. The molecule has 6 heteroatoms. The minimum absolute atomic E-state index is 0.0165. The molecule has 2 rings (SSSR count). The molecule has 1 heterocycles. The van der Waals surface area contributed by atoms with Crippen LogP contribution in [0.2, 0.25) is 0 Å². The molecule has 0 unspecified atom stereocenters. The highest BCUT2D eigenvalue weighted by atomic mass is 16.5. The zero-order chi connectivity index (χ0) is 17.4. The number of hydrogen-bond acceptors (Lipinski definition) is 4. The van der Waals surface area contributed by atoms with Gasteiger partial charge in [0.05, 0.1) is 25.2 Å². The third kappa shape index (κ3) is 5.38. The molecule has 3 N–H and O–H groups in total. The number of imidazole rings is 1. The van der Waals surface area contributed by atoms with Crippen LogP contribution in [-0.2, 0) is 17.8 Å². The van der Waals surface area contributed by atoms with Gasteiger partial charge in [0.15, 0.2) is 0 Å². The number of carbonyl (C=O) groups is 1. The highest BCUT2D eigenvalue weighted by Gasteiger charge is 2.21. The zero-order valence-electron chi connectivity index (χ0n) is 14.5. The van der Waals surface area contributed by atoms with Gasteiger partial charge in [0.2, 0.25) is 5.91 Å². The van der Waals surface area contributed by atoms with Crippen LogP contribution in [-0.4, -0.2) is 35.6 Å². The second-order valence-corrected chi connectivity index (χ2v) is 6.05. The van der Waals surface area contributed by atoms with Crippen LogP contribution in [0.25, 0.3) is 0 Å². The summed E-state index contributed by atoms with van der Waals surface area (Å²) >= 11 is 0. The van der Waals surface area contributed by atoms with E-state index in [0.29, 0.717) is 13.1 Å². The van der Waals surface area contributed by atoms with Gasteiger partial charge in [-0.05, 0) is 23.6 Å². The van der Waals surface area contributed by atoms with Crippen LogP contribution in [0.15, 0.2) is 36.8 Å². The molecule has 0 spiro atoms. The standard InChI is InChI=1S/C18H26N4O2/c1-13(2)17(20-9-8-15-11-19-12-22-15)18(23)21-10-14-4-6-16(24-3)7-5-14/h4-7,11-13,17,20H,8-10H2,1-3H3,(H,19,22)(H,21,23)/t17-/m0/s1. The molecule has 0 aliphatic heterocycles. The normalized spacial score (nSPS) is 12.2. The lowest BCUT2D eigenvalue weighted by Gasteiger charge is -2.21. The molecule has 0 bridgehead atoms. The minimum Gasteiger partial charge on any atom is -0.497 e. The summed E-state index contributed by atoms with van der Waals surface area (Å²) in [6.45, 7) is 5.30. The molecule has 0 fully saturated rings. The van der Waals surface area contributed by atoms with Gasteiger partial charge in [-0.15, -0.1) is 0 Å². The fraction of sp³-hybridized carbons (Fsp3) is 0.444. The number of ether oxygens (including phenoxy) is 1. The lowest BCUT2D eigenvalue weighted by molar-refractivity contribution is -0.124. The highest BCUT2D eigenvalue weighted by Crippen LogP contribution is 2.11. The molecule has 0 saturated carbocycles. The van der Waals surface area contributed by atoms with Crippen molar-refractivity contribution in [2.75, 3.05) is 13.7 Å². The Kier molecular flexibility index (Phi) is 6.81. The first-order valence-electron chi connectivity index (χ1n) is 8.22. The third-order valence-electron chi connectivity index (χ3n) is 3.88. The van der Waals surface area contributed by atoms with Crippen molar-refractivity contribution in [3.63, 3.8) is 0 Å². The first-order valence-corrected chi connectivity index (χ1v) is 8.22. The summed E-state index contributed by atoms with van der Waals surface area (Å²) in [5, 5.41) is 6.32. The van der Waals surface area contributed by atoms with Crippen molar-refractivity contribution < 1.29 is 9.53 Å². The van der Waals surface area contributed by atoms with Crippen LogP contribution in [0.3, 0.4) is 0 Å². The highest BCUT2D eigenvalue weighted by molar-refractivity contribution is 5.82. The Hall–Kier alpha value is -2.34. The van der Waals surface area contributed by atoms with Crippen molar-refractivity contribution >= 4 is 5.91 Å². The van der Waals surface area contributed by atoms with Crippen LogP contribution >= 0.6 is 0 Å². The van der Waals surface area contributed by atoms with Gasteiger partial charge >= 0.3 is 0 Å². The molecule has 6 nitrogen and oxygen atoms in total. The monoisotopic (exact) mass is 330 g/mol. The van der Waals surface area contributed by atoms with Gasteiger partial charge in [-0.25, -0.2) is 4.98 Å². The Morgan fingerprint density at radius 3 is 2.62 bits per heavy atom. The fourth-order valence-corrected chi connectivity index (χ4v) is 2.46. The molecule has 24 heavy (non-hydrogen) atoms. The van der Waals surface area contributed by atoms with Gasteiger partial charge in [0, 0.05) is 25.7 Å². The van der Waals surface area contributed by atoms with E-state index in [-0.39, 0.29) is 17.9 Å². The van der Waals surface area contributed by atoms with Gasteiger partial charge in [0.1, 0.15) is 5.75 Å². The maximum absolute atomic E-state index is 12.5. The quantitative estimate of drug-likeness (QED) is 0.656. The molecule has 1 aromatic carbocycles. The molecule has 1 amide bonds.